The Labute approximate surface area is 357 Å². The van der Waals surface area contributed by atoms with E-state index in [4.69, 9.17) is 19.9 Å². The van der Waals surface area contributed by atoms with Crippen LogP contribution in [0.2, 0.25) is 0 Å². The Morgan fingerprint density at radius 1 is 0.274 bits per heavy atom. The van der Waals surface area contributed by atoms with Gasteiger partial charge in [-0.1, -0.05) is 121 Å². The van der Waals surface area contributed by atoms with Gasteiger partial charge >= 0.3 is 0 Å². The van der Waals surface area contributed by atoms with Crippen LogP contribution in [0.25, 0.3) is 111 Å². The van der Waals surface area contributed by atoms with Crippen molar-refractivity contribution in [1.82, 2.24) is 29.1 Å². The predicted octanol–water partition coefficient (Wildman–Crippen LogP) is 13.8. The topological polar surface area (TPSA) is 61.4 Å². The van der Waals surface area contributed by atoms with E-state index in [1.54, 1.807) is 0 Å². The van der Waals surface area contributed by atoms with Gasteiger partial charge in [0.15, 0.2) is 0 Å². The molecule has 0 amide bonds. The van der Waals surface area contributed by atoms with Crippen molar-refractivity contribution in [3.05, 3.63) is 219 Å². The van der Waals surface area contributed by atoms with E-state index in [1.807, 2.05) is 24.5 Å². The van der Waals surface area contributed by atoms with Crippen LogP contribution in [0.4, 0.5) is 0 Å². The van der Waals surface area contributed by atoms with Crippen molar-refractivity contribution in [2.24, 2.45) is 0 Å². The molecule has 0 aliphatic heterocycles. The summed E-state index contributed by atoms with van der Waals surface area (Å²) in [6, 6.07) is 72.3. The first-order valence-electron chi connectivity index (χ1n) is 20.8. The molecular formula is C56H36N6. The lowest BCUT2D eigenvalue weighted by molar-refractivity contribution is 1.17. The molecule has 0 spiro atoms. The fraction of sp³-hybridized carbons (Fsp3) is 0. The van der Waals surface area contributed by atoms with E-state index in [2.05, 4.69) is 203 Å². The van der Waals surface area contributed by atoms with Crippen LogP contribution in [-0.2, 0) is 0 Å². The van der Waals surface area contributed by atoms with Gasteiger partial charge in [0.2, 0.25) is 0 Å². The van der Waals surface area contributed by atoms with E-state index in [-0.39, 0.29) is 0 Å². The monoisotopic (exact) mass is 792 g/mol. The molecule has 0 atom stereocenters. The first-order valence-corrected chi connectivity index (χ1v) is 20.8. The average Bonchev–Trinajstić information content (AvgIpc) is 3.87. The van der Waals surface area contributed by atoms with Crippen LogP contribution in [0.1, 0.15) is 0 Å². The molecule has 0 fully saturated rings. The lowest BCUT2D eigenvalue weighted by Gasteiger charge is -2.14. The van der Waals surface area contributed by atoms with Gasteiger partial charge in [-0.05, 0) is 107 Å². The summed E-state index contributed by atoms with van der Waals surface area (Å²) >= 11 is 0. The SMILES string of the molecule is c1ccc(-c2cc(-c3ccc(-n4c5ccccc5c5ncccc54)cc3)nc(-c3cc(-c4ccccc4)cc(-c4cccc(-n5c6ccccc6c6ncccc65)c4)n3)c2)cc1. The van der Waals surface area contributed by atoms with Crippen LogP contribution in [0.15, 0.2) is 219 Å². The summed E-state index contributed by atoms with van der Waals surface area (Å²) < 4.78 is 4.58. The third-order valence-electron chi connectivity index (χ3n) is 11.8. The van der Waals surface area contributed by atoms with Gasteiger partial charge in [-0.2, -0.15) is 0 Å². The zero-order chi connectivity index (χ0) is 41.0. The van der Waals surface area contributed by atoms with Crippen LogP contribution < -0.4 is 0 Å². The Morgan fingerprint density at radius 3 is 1.29 bits per heavy atom. The number of fused-ring (bicyclic) bond motifs is 6. The first kappa shape index (κ1) is 35.5. The minimum atomic E-state index is 0.793. The number of nitrogens with zero attached hydrogens (tertiary/aromatic N) is 6. The maximum atomic E-state index is 5.43. The lowest BCUT2D eigenvalue weighted by atomic mass is 9.98. The van der Waals surface area contributed by atoms with E-state index in [0.29, 0.717) is 0 Å². The number of pyridine rings is 4. The van der Waals surface area contributed by atoms with E-state index in [9.17, 15) is 0 Å². The zero-order valence-corrected chi connectivity index (χ0v) is 33.5. The molecule has 0 N–H and O–H groups in total. The van der Waals surface area contributed by atoms with Crippen molar-refractivity contribution in [1.29, 1.82) is 0 Å². The molecule has 6 nitrogen and oxygen atoms in total. The van der Waals surface area contributed by atoms with Crippen molar-refractivity contribution < 1.29 is 0 Å². The second-order valence-electron chi connectivity index (χ2n) is 15.5. The summed E-state index contributed by atoms with van der Waals surface area (Å²) in [6.07, 6.45) is 3.73. The average molecular weight is 793 g/mol. The highest BCUT2D eigenvalue weighted by molar-refractivity contribution is 6.08. The fourth-order valence-corrected chi connectivity index (χ4v) is 8.92. The van der Waals surface area contributed by atoms with Gasteiger partial charge < -0.3 is 9.13 Å². The molecule has 6 aromatic carbocycles. The molecule has 290 valence electrons. The summed E-state index contributed by atoms with van der Waals surface area (Å²) in [7, 11) is 0. The second-order valence-corrected chi connectivity index (χ2v) is 15.5. The number of hydrogen-bond acceptors (Lipinski definition) is 4. The van der Waals surface area contributed by atoms with Gasteiger partial charge in [0.25, 0.3) is 0 Å². The first-order chi connectivity index (χ1) is 30.7. The van der Waals surface area contributed by atoms with E-state index < -0.39 is 0 Å². The molecule has 0 aliphatic rings. The largest absolute Gasteiger partial charge is 0.308 e. The Bertz CT molecular complexity index is 3520. The summed E-state index contributed by atoms with van der Waals surface area (Å²) in [5.74, 6) is 0. The summed E-state index contributed by atoms with van der Waals surface area (Å²) in [4.78, 5) is 20.4. The smallest absolute Gasteiger partial charge is 0.0963 e. The number of hydrogen-bond donors (Lipinski definition) is 0. The molecule has 0 unspecified atom stereocenters. The third kappa shape index (κ3) is 6.04. The minimum Gasteiger partial charge on any atom is -0.308 e. The van der Waals surface area contributed by atoms with Crippen molar-refractivity contribution in [2.45, 2.75) is 0 Å². The second kappa shape index (κ2) is 14.7. The Kier molecular flexibility index (Phi) is 8.38. The number of rotatable bonds is 7. The maximum Gasteiger partial charge on any atom is 0.0963 e. The van der Waals surface area contributed by atoms with Gasteiger partial charge in [-0.25, -0.2) is 9.97 Å². The zero-order valence-electron chi connectivity index (χ0n) is 33.5. The molecule has 12 aromatic rings. The third-order valence-corrected chi connectivity index (χ3v) is 11.8. The molecule has 0 saturated carbocycles. The maximum absolute atomic E-state index is 5.43. The van der Waals surface area contributed by atoms with Crippen molar-refractivity contribution in [2.75, 3.05) is 0 Å². The Balaban J connectivity index is 1.01. The van der Waals surface area contributed by atoms with Gasteiger partial charge in [0.05, 0.1) is 55.9 Å². The van der Waals surface area contributed by atoms with Crippen LogP contribution in [0.3, 0.4) is 0 Å². The molecule has 0 saturated heterocycles. The van der Waals surface area contributed by atoms with Crippen molar-refractivity contribution >= 4 is 43.9 Å². The Morgan fingerprint density at radius 2 is 0.726 bits per heavy atom. The number of para-hydroxylation sites is 2. The molecule has 0 radical (unpaired) electrons. The van der Waals surface area contributed by atoms with Gasteiger partial charge in [0, 0.05) is 45.7 Å². The van der Waals surface area contributed by atoms with E-state index in [0.717, 1.165) is 111 Å². The van der Waals surface area contributed by atoms with Crippen LogP contribution in [0.5, 0.6) is 0 Å². The normalized spacial score (nSPS) is 11.5. The molecule has 62 heavy (non-hydrogen) atoms. The molecule has 6 heterocycles. The van der Waals surface area contributed by atoms with Gasteiger partial charge in [0.1, 0.15) is 0 Å². The van der Waals surface area contributed by atoms with E-state index >= 15 is 0 Å². The minimum absolute atomic E-state index is 0.793. The van der Waals surface area contributed by atoms with Crippen LogP contribution in [0, 0.1) is 0 Å². The quantitative estimate of drug-likeness (QED) is 0.161. The van der Waals surface area contributed by atoms with Gasteiger partial charge in [-0.15, -0.1) is 0 Å². The van der Waals surface area contributed by atoms with Gasteiger partial charge in [-0.3, -0.25) is 9.97 Å². The standard InChI is InChI=1S/C56H36N6/c1-3-14-37(15-4-1)41-33-47(39-26-28-43(29-27-39)61-51-22-9-7-20-45(51)55-53(61)24-12-30-57-55)59-49(35-41)50-36-42(38-16-5-2-6-17-38)34-48(60-50)40-18-11-19-44(32-40)62-52-23-10-8-21-46(52)56-54(62)25-13-31-58-56/h1-36H. The molecule has 6 heteroatoms. The number of aromatic nitrogens is 6. The van der Waals surface area contributed by atoms with Crippen LogP contribution >= 0.6 is 0 Å². The van der Waals surface area contributed by atoms with E-state index in [1.165, 1.54) is 0 Å². The lowest BCUT2D eigenvalue weighted by Crippen LogP contribution is -1.98. The predicted molar refractivity (Wildman–Crippen MR) is 253 cm³/mol. The molecular weight excluding hydrogens is 757 g/mol. The van der Waals surface area contributed by atoms with Crippen molar-refractivity contribution in [3.8, 4) is 67.5 Å². The summed E-state index contributed by atoms with van der Waals surface area (Å²) in [5, 5.41) is 2.26. The fourth-order valence-electron chi connectivity index (χ4n) is 8.92. The molecule has 6 aromatic heterocycles. The van der Waals surface area contributed by atoms with Crippen molar-refractivity contribution in [3.63, 3.8) is 0 Å². The highest BCUT2D eigenvalue weighted by Crippen LogP contribution is 2.37. The highest BCUT2D eigenvalue weighted by atomic mass is 15.0. The van der Waals surface area contributed by atoms with Crippen LogP contribution in [-0.4, -0.2) is 29.1 Å². The molecule has 0 aliphatic carbocycles. The summed E-state index contributed by atoms with van der Waals surface area (Å²) in [5.41, 5.74) is 18.1. The highest BCUT2D eigenvalue weighted by Gasteiger charge is 2.18. The summed E-state index contributed by atoms with van der Waals surface area (Å²) in [6.45, 7) is 0. The molecule has 12 rings (SSSR count). The molecule has 0 bridgehead atoms. The number of benzene rings is 6. The Hall–Kier alpha value is -8.48.